The van der Waals surface area contributed by atoms with Gasteiger partial charge in [-0.3, -0.25) is 0 Å². The fraction of sp³-hybridized carbons (Fsp3) is 0.200. The van der Waals surface area contributed by atoms with Crippen LogP contribution in [0.3, 0.4) is 0 Å². The maximum Gasteiger partial charge on any atom is 0.288 e. The first-order valence-corrected chi connectivity index (χ1v) is 7.13. The van der Waals surface area contributed by atoms with Crippen LogP contribution in [0.1, 0.15) is 18.5 Å². The zero-order chi connectivity index (χ0) is 15.4. The molecular formula is C15H14F3NOS. The summed E-state index contributed by atoms with van der Waals surface area (Å²) < 4.78 is 37.4. The SMILES string of the molecule is CC(Nc1ccc(SC(F)F)cc1)c1ccc(F)cc1O. The van der Waals surface area contributed by atoms with Gasteiger partial charge in [0.05, 0.1) is 6.04 Å². The lowest BCUT2D eigenvalue weighted by Gasteiger charge is -2.17. The largest absolute Gasteiger partial charge is 0.507 e. The zero-order valence-corrected chi connectivity index (χ0v) is 12.0. The third-order valence-corrected chi connectivity index (χ3v) is 3.64. The molecule has 0 fully saturated rings. The van der Waals surface area contributed by atoms with Crippen molar-refractivity contribution in [3.63, 3.8) is 0 Å². The van der Waals surface area contributed by atoms with Gasteiger partial charge in [0.1, 0.15) is 11.6 Å². The van der Waals surface area contributed by atoms with Gasteiger partial charge in [-0.25, -0.2) is 4.39 Å². The van der Waals surface area contributed by atoms with Gasteiger partial charge < -0.3 is 10.4 Å². The highest BCUT2D eigenvalue weighted by Gasteiger charge is 2.11. The molecule has 0 heterocycles. The third kappa shape index (κ3) is 4.32. The summed E-state index contributed by atoms with van der Waals surface area (Å²) in [6.45, 7) is 1.81. The lowest BCUT2D eigenvalue weighted by molar-refractivity contribution is 0.252. The van der Waals surface area contributed by atoms with E-state index in [0.717, 1.165) is 11.8 Å². The number of hydrogen-bond acceptors (Lipinski definition) is 3. The third-order valence-electron chi connectivity index (χ3n) is 2.92. The summed E-state index contributed by atoms with van der Waals surface area (Å²) >= 11 is 0.484. The molecule has 0 aliphatic heterocycles. The number of phenols is 1. The number of phenolic OH excluding ortho intramolecular Hbond substituents is 1. The number of anilines is 1. The fourth-order valence-corrected chi connectivity index (χ4v) is 2.44. The molecule has 1 unspecified atom stereocenters. The zero-order valence-electron chi connectivity index (χ0n) is 11.2. The van der Waals surface area contributed by atoms with E-state index in [2.05, 4.69) is 5.32 Å². The first kappa shape index (κ1) is 15.6. The molecule has 0 radical (unpaired) electrons. The van der Waals surface area contributed by atoms with Gasteiger partial charge in [-0.1, -0.05) is 17.8 Å². The maximum absolute atomic E-state index is 12.9. The van der Waals surface area contributed by atoms with Crippen molar-refractivity contribution in [1.29, 1.82) is 0 Å². The lowest BCUT2D eigenvalue weighted by Crippen LogP contribution is -2.06. The van der Waals surface area contributed by atoms with Crippen molar-refractivity contribution in [1.82, 2.24) is 0 Å². The van der Waals surface area contributed by atoms with Gasteiger partial charge in [0.25, 0.3) is 5.76 Å². The highest BCUT2D eigenvalue weighted by molar-refractivity contribution is 7.99. The first-order chi connectivity index (χ1) is 9.95. The molecule has 2 nitrogen and oxygen atoms in total. The number of hydrogen-bond donors (Lipinski definition) is 2. The molecule has 1 atom stereocenters. The molecule has 0 aliphatic rings. The molecule has 21 heavy (non-hydrogen) atoms. The quantitative estimate of drug-likeness (QED) is 0.760. The van der Waals surface area contributed by atoms with E-state index in [9.17, 15) is 18.3 Å². The summed E-state index contributed by atoms with van der Waals surface area (Å²) in [5.41, 5.74) is 1.28. The average molecular weight is 313 g/mol. The van der Waals surface area contributed by atoms with Crippen LogP contribution in [0.2, 0.25) is 0 Å². The summed E-state index contributed by atoms with van der Waals surface area (Å²) in [6.07, 6.45) is 0. The number of benzene rings is 2. The number of nitrogens with one attached hydrogen (secondary N) is 1. The lowest BCUT2D eigenvalue weighted by atomic mass is 10.1. The van der Waals surface area contributed by atoms with Gasteiger partial charge in [0.15, 0.2) is 0 Å². The minimum Gasteiger partial charge on any atom is -0.507 e. The Bertz CT molecular complexity index is 604. The second-order valence-corrected chi connectivity index (χ2v) is 5.54. The average Bonchev–Trinajstić information content (AvgIpc) is 2.40. The Hall–Kier alpha value is -1.82. The van der Waals surface area contributed by atoms with E-state index in [4.69, 9.17) is 0 Å². The minimum absolute atomic E-state index is 0.125. The van der Waals surface area contributed by atoms with Crippen LogP contribution in [0, 0.1) is 5.82 Å². The van der Waals surface area contributed by atoms with Gasteiger partial charge in [-0.05, 0) is 37.3 Å². The van der Waals surface area contributed by atoms with Gasteiger partial charge in [0.2, 0.25) is 0 Å². The minimum atomic E-state index is -2.45. The van der Waals surface area contributed by atoms with Crippen LogP contribution in [0.5, 0.6) is 5.75 Å². The van der Waals surface area contributed by atoms with Crippen molar-refractivity contribution in [3.8, 4) is 5.75 Å². The molecule has 0 saturated heterocycles. The smallest absolute Gasteiger partial charge is 0.288 e. The fourth-order valence-electron chi connectivity index (χ4n) is 1.94. The van der Waals surface area contributed by atoms with Crippen LogP contribution in [-0.2, 0) is 0 Å². The molecule has 0 aliphatic carbocycles. The maximum atomic E-state index is 12.9. The van der Waals surface area contributed by atoms with Crippen LogP contribution in [0.4, 0.5) is 18.9 Å². The van der Waals surface area contributed by atoms with Gasteiger partial charge >= 0.3 is 0 Å². The topological polar surface area (TPSA) is 32.3 Å². The van der Waals surface area contributed by atoms with E-state index in [0.29, 0.717) is 22.2 Å². The number of rotatable bonds is 5. The Morgan fingerprint density at radius 3 is 2.33 bits per heavy atom. The van der Waals surface area contributed by atoms with Crippen molar-refractivity contribution >= 4 is 17.4 Å². The number of thioether (sulfide) groups is 1. The van der Waals surface area contributed by atoms with E-state index in [1.165, 1.54) is 12.1 Å². The summed E-state index contributed by atoms with van der Waals surface area (Å²) in [7, 11) is 0. The molecular weight excluding hydrogens is 299 g/mol. The van der Waals surface area contributed by atoms with E-state index in [1.54, 1.807) is 24.3 Å². The van der Waals surface area contributed by atoms with Crippen molar-refractivity contribution in [2.75, 3.05) is 5.32 Å². The standard InChI is InChI=1S/C15H14F3NOS/c1-9(13-7-2-10(16)8-14(13)20)19-11-3-5-12(6-4-11)21-15(17)18/h2-9,15,19-20H,1H3. The van der Waals surface area contributed by atoms with Gasteiger partial charge in [0, 0.05) is 22.2 Å². The van der Waals surface area contributed by atoms with Crippen molar-refractivity contribution in [2.24, 2.45) is 0 Å². The predicted octanol–water partition coefficient (Wildman–Crippen LogP) is 5.02. The number of halogens is 3. The molecule has 2 aromatic carbocycles. The van der Waals surface area contributed by atoms with Crippen molar-refractivity contribution in [2.45, 2.75) is 23.6 Å². The first-order valence-electron chi connectivity index (χ1n) is 6.25. The number of alkyl halides is 2. The molecule has 0 aromatic heterocycles. The molecule has 2 N–H and O–H groups in total. The van der Waals surface area contributed by atoms with Crippen LogP contribution in [-0.4, -0.2) is 10.9 Å². The number of aromatic hydroxyl groups is 1. The van der Waals surface area contributed by atoms with E-state index in [-0.39, 0.29) is 11.8 Å². The summed E-state index contributed by atoms with van der Waals surface area (Å²) in [4.78, 5) is 0.479. The van der Waals surface area contributed by atoms with Gasteiger partial charge in [-0.2, -0.15) is 8.78 Å². The van der Waals surface area contributed by atoms with Crippen molar-refractivity contribution < 1.29 is 18.3 Å². The van der Waals surface area contributed by atoms with Crippen LogP contribution < -0.4 is 5.32 Å². The van der Waals surface area contributed by atoms with E-state index >= 15 is 0 Å². The predicted molar refractivity (Wildman–Crippen MR) is 78.4 cm³/mol. The molecule has 112 valence electrons. The Morgan fingerprint density at radius 2 is 1.76 bits per heavy atom. The summed E-state index contributed by atoms with van der Waals surface area (Å²) in [5, 5.41) is 12.8. The second kappa shape index (κ2) is 6.76. The molecule has 0 amide bonds. The van der Waals surface area contributed by atoms with E-state index in [1.807, 2.05) is 6.92 Å². The van der Waals surface area contributed by atoms with Gasteiger partial charge in [-0.15, -0.1) is 0 Å². The molecule has 0 saturated carbocycles. The Morgan fingerprint density at radius 1 is 1.10 bits per heavy atom. The second-order valence-electron chi connectivity index (χ2n) is 4.47. The molecule has 0 bridgehead atoms. The highest BCUT2D eigenvalue weighted by Crippen LogP contribution is 2.29. The highest BCUT2D eigenvalue weighted by atomic mass is 32.2. The molecule has 2 aromatic rings. The Labute approximate surface area is 125 Å². The Kier molecular flexibility index (Phi) is 5.01. The van der Waals surface area contributed by atoms with E-state index < -0.39 is 11.6 Å². The van der Waals surface area contributed by atoms with Crippen molar-refractivity contribution in [3.05, 3.63) is 53.8 Å². The van der Waals surface area contributed by atoms with Crippen LogP contribution in [0.15, 0.2) is 47.4 Å². The van der Waals surface area contributed by atoms with Crippen LogP contribution >= 0.6 is 11.8 Å². The molecule has 6 heteroatoms. The Balaban J connectivity index is 2.06. The molecule has 0 spiro atoms. The normalized spacial score (nSPS) is 12.4. The monoisotopic (exact) mass is 313 g/mol. The van der Waals surface area contributed by atoms with Crippen LogP contribution in [0.25, 0.3) is 0 Å². The summed E-state index contributed by atoms with van der Waals surface area (Å²) in [6, 6.07) is 10.1. The summed E-state index contributed by atoms with van der Waals surface area (Å²) in [5.74, 6) is -3.07. The molecule has 2 rings (SSSR count).